The van der Waals surface area contributed by atoms with Crippen LogP contribution in [0, 0.1) is 0 Å². The third kappa shape index (κ3) is 3.10. The van der Waals surface area contributed by atoms with Crippen LogP contribution in [0.4, 0.5) is 14.6 Å². The van der Waals surface area contributed by atoms with Gasteiger partial charge in [0.25, 0.3) is 5.92 Å². The molecule has 0 spiro atoms. The van der Waals surface area contributed by atoms with Crippen LogP contribution in [-0.2, 0) is 0 Å². The number of benzene rings is 1. The number of H-pyrrole nitrogens is 1. The molecular formula is C22H23F2N5O. The van der Waals surface area contributed by atoms with Gasteiger partial charge < -0.3 is 15.0 Å². The predicted octanol–water partition coefficient (Wildman–Crippen LogP) is 4.09. The average molecular weight is 411 g/mol. The minimum absolute atomic E-state index is 0.113. The molecule has 2 atom stereocenters. The largest absolute Gasteiger partial charge is 0.491 e. The first kappa shape index (κ1) is 18.1. The third-order valence-corrected chi connectivity index (χ3v) is 6.47. The van der Waals surface area contributed by atoms with E-state index in [9.17, 15) is 8.78 Å². The number of nitrogens with zero attached hydrogens (tertiary/aromatic N) is 3. The number of rotatable bonds is 4. The molecule has 3 aromatic rings. The molecule has 1 aromatic carbocycles. The molecule has 0 radical (unpaired) electrons. The van der Waals surface area contributed by atoms with Crippen molar-refractivity contribution in [2.24, 2.45) is 0 Å². The van der Waals surface area contributed by atoms with Crippen LogP contribution >= 0.6 is 0 Å². The van der Waals surface area contributed by atoms with Crippen LogP contribution in [0.3, 0.4) is 0 Å². The number of halogens is 2. The highest BCUT2D eigenvalue weighted by molar-refractivity contribution is 5.88. The van der Waals surface area contributed by atoms with Crippen molar-refractivity contribution >= 4 is 16.9 Å². The van der Waals surface area contributed by atoms with Crippen molar-refractivity contribution in [1.29, 1.82) is 0 Å². The zero-order valence-corrected chi connectivity index (χ0v) is 16.4. The smallest absolute Gasteiger partial charge is 0.261 e. The number of para-hydroxylation sites is 1. The summed E-state index contributed by atoms with van der Waals surface area (Å²) in [6.07, 6.45) is 3.82. The van der Waals surface area contributed by atoms with Gasteiger partial charge in [-0.2, -0.15) is 0 Å². The fourth-order valence-corrected chi connectivity index (χ4v) is 4.72. The summed E-state index contributed by atoms with van der Waals surface area (Å²) in [5, 5.41) is 4.51. The van der Waals surface area contributed by atoms with Crippen molar-refractivity contribution in [2.75, 3.05) is 25.0 Å². The average Bonchev–Trinajstić information content (AvgIpc) is 3.40. The first-order valence-electron chi connectivity index (χ1n) is 10.5. The Morgan fingerprint density at radius 1 is 1.20 bits per heavy atom. The molecule has 156 valence electrons. The van der Waals surface area contributed by atoms with E-state index < -0.39 is 5.92 Å². The topological polar surface area (TPSA) is 66.1 Å². The van der Waals surface area contributed by atoms with Crippen LogP contribution in [-0.4, -0.2) is 51.5 Å². The Labute approximate surface area is 172 Å². The maximum absolute atomic E-state index is 14.0. The van der Waals surface area contributed by atoms with Crippen LogP contribution in [0.2, 0.25) is 0 Å². The second kappa shape index (κ2) is 6.63. The number of nitrogens with one attached hydrogen (secondary N) is 2. The molecule has 6 rings (SSSR count). The summed E-state index contributed by atoms with van der Waals surface area (Å²) in [5.74, 6) is -0.560. The monoisotopic (exact) mass is 411 g/mol. The van der Waals surface area contributed by atoms with Gasteiger partial charge in [0.05, 0.1) is 24.0 Å². The molecule has 6 nitrogen and oxygen atoms in total. The van der Waals surface area contributed by atoms with Crippen LogP contribution in [0.25, 0.3) is 11.0 Å². The third-order valence-electron chi connectivity index (χ3n) is 6.47. The van der Waals surface area contributed by atoms with Gasteiger partial charge in [-0.1, -0.05) is 18.2 Å². The highest BCUT2D eigenvalue weighted by Crippen LogP contribution is 2.42. The van der Waals surface area contributed by atoms with Gasteiger partial charge in [0.15, 0.2) is 0 Å². The van der Waals surface area contributed by atoms with Crippen molar-refractivity contribution < 1.29 is 13.5 Å². The lowest BCUT2D eigenvalue weighted by Crippen LogP contribution is -2.48. The summed E-state index contributed by atoms with van der Waals surface area (Å²) in [6, 6.07) is 9.52. The lowest BCUT2D eigenvalue weighted by atomic mass is 9.95. The molecule has 1 aliphatic carbocycles. The van der Waals surface area contributed by atoms with Gasteiger partial charge in [-0.15, -0.1) is 0 Å². The van der Waals surface area contributed by atoms with Gasteiger partial charge in [-0.3, -0.25) is 4.90 Å². The summed E-state index contributed by atoms with van der Waals surface area (Å²) in [7, 11) is 0. The SMILES string of the molecule is FC1(F)CCN([C@H]2COc3ccccc3[C@@H]2Nc2ncnc3[nH]c(C4CC4)cc23)C1. The summed E-state index contributed by atoms with van der Waals surface area (Å²) in [5.41, 5.74) is 2.96. The molecule has 30 heavy (non-hydrogen) atoms. The lowest BCUT2D eigenvalue weighted by Gasteiger charge is -2.39. The first-order valence-corrected chi connectivity index (χ1v) is 10.5. The number of aromatic amines is 1. The molecular weight excluding hydrogens is 388 g/mol. The molecule has 1 saturated heterocycles. The Morgan fingerprint density at radius 3 is 2.87 bits per heavy atom. The van der Waals surface area contributed by atoms with E-state index in [2.05, 4.69) is 26.3 Å². The number of aromatic nitrogens is 3. The van der Waals surface area contributed by atoms with Crippen LogP contribution in [0.1, 0.15) is 42.5 Å². The number of ether oxygens (including phenoxy) is 1. The molecule has 2 fully saturated rings. The van der Waals surface area contributed by atoms with Gasteiger partial charge in [-0.25, -0.2) is 18.7 Å². The molecule has 0 unspecified atom stereocenters. The van der Waals surface area contributed by atoms with E-state index in [0.717, 1.165) is 28.2 Å². The maximum Gasteiger partial charge on any atom is 0.261 e. The van der Waals surface area contributed by atoms with Crippen LogP contribution in [0.5, 0.6) is 5.75 Å². The molecule has 4 heterocycles. The first-order chi connectivity index (χ1) is 14.6. The van der Waals surface area contributed by atoms with E-state index in [1.54, 1.807) is 6.33 Å². The number of hydrogen-bond acceptors (Lipinski definition) is 5. The van der Waals surface area contributed by atoms with Crippen molar-refractivity contribution in [3.63, 3.8) is 0 Å². The second-order valence-electron chi connectivity index (χ2n) is 8.60. The van der Waals surface area contributed by atoms with Gasteiger partial charge in [0, 0.05) is 24.2 Å². The normalized spacial score (nSPS) is 25.8. The zero-order chi connectivity index (χ0) is 20.3. The van der Waals surface area contributed by atoms with E-state index in [1.165, 1.54) is 18.5 Å². The molecule has 0 amide bonds. The Bertz CT molecular complexity index is 1100. The highest BCUT2D eigenvalue weighted by atomic mass is 19.3. The summed E-state index contributed by atoms with van der Waals surface area (Å²) >= 11 is 0. The van der Waals surface area contributed by atoms with Gasteiger partial charge in [-0.05, 0) is 30.9 Å². The maximum atomic E-state index is 14.0. The standard InChI is InChI=1S/C22H23F2N5O/c23-22(24)7-8-29(11-22)17-10-30-18-4-2-1-3-14(18)19(17)28-21-15-9-16(13-5-6-13)27-20(15)25-12-26-21/h1-4,9,12-13,17,19H,5-8,10-11H2,(H2,25,26,27,28)/t17-,19-/m0/s1. The Hall–Kier alpha value is -2.74. The molecule has 2 N–H and O–H groups in total. The molecule has 0 bridgehead atoms. The van der Waals surface area contributed by atoms with E-state index in [4.69, 9.17) is 4.74 Å². The second-order valence-corrected chi connectivity index (χ2v) is 8.60. The number of fused-ring (bicyclic) bond motifs is 2. The quantitative estimate of drug-likeness (QED) is 0.677. The molecule has 2 aliphatic heterocycles. The predicted molar refractivity (Wildman–Crippen MR) is 109 cm³/mol. The minimum Gasteiger partial charge on any atom is -0.491 e. The number of likely N-dealkylation sites (tertiary alicyclic amines) is 1. The summed E-state index contributed by atoms with van der Waals surface area (Å²) in [4.78, 5) is 14.1. The molecule has 1 saturated carbocycles. The van der Waals surface area contributed by atoms with Gasteiger partial charge in [0.1, 0.15) is 30.1 Å². The van der Waals surface area contributed by atoms with Gasteiger partial charge in [0.2, 0.25) is 0 Å². The number of alkyl halides is 2. The fraction of sp³-hybridized carbons (Fsp3) is 0.455. The van der Waals surface area contributed by atoms with Crippen molar-refractivity contribution in [3.05, 3.63) is 47.9 Å². The molecule has 3 aliphatic rings. The Balaban J connectivity index is 1.38. The van der Waals surface area contributed by atoms with Crippen LogP contribution in [0.15, 0.2) is 36.7 Å². The van der Waals surface area contributed by atoms with Crippen LogP contribution < -0.4 is 10.1 Å². The molecule has 8 heteroatoms. The Morgan fingerprint density at radius 2 is 2.07 bits per heavy atom. The highest BCUT2D eigenvalue weighted by Gasteiger charge is 2.45. The fourth-order valence-electron chi connectivity index (χ4n) is 4.72. The summed E-state index contributed by atoms with van der Waals surface area (Å²) in [6.45, 7) is 0.479. The summed E-state index contributed by atoms with van der Waals surface area (Å²) < 4.78 is 33.9. The van der Waals surface area contributed by atoms with Gasteiger partial charge >= 0.3 is 0 Å². The van der Waals surface area contributed by atoms with Crippen molar-refractivity contribution in [3.8, 4) is 5.75 Å². The number of anilines is 1. The van der Waals surface area contributed by atoms with Crippen molar-refractivity contribution in [2.45, 2.75) is 43.2 Å². The van der Waals surface area contributed by atoms with E-state index in [1.807, 2.05) is 29.2 Å². The van der Waals surface area contributed by atoms with E-state index in [-0.39, 0.29) is 25.0 Å². The number of hydrogen-bond donors (Lipinski definition) is 2. The molecule has 2 aromatic heterocycles. The van der Waals surface area contributed by atoms with Crippen molar-refractivity contribution in [1.82, 2.24) is 19.9 Å². The van der Waals surface area contributed by atoms with E-state index in [0.29, 0.717) is 19.1 Å². The van der Waals surface area contributed by atoms with E-state index >= 15 is 0 Å². The Kier molecular flexibility index (Phi) is 3.99. The minimum atomic E-state index is -2.65. The zero-order valence-electron chi connectivity index (χ0n) is 16.4. The lowest BCUT2D eigenvalue weighted by molar-refractivity contribution is 0.00192.